The summed E-state index contributed by atoms with van der Waals surface area (Å²) >= 11 is 0. The van der Waals surface area contributed by atoms with Gasteiger partial charge in [-0.2, -0.15) is 0 Å². The summed E-state index contributed by atoms with van der Waals surface area (Å²) in [6.45, 7) is 3.63. The van der Waals surface area contributed by atoms with Gasteiger partial charge in [0.25, 0.3) is 0 Å². The molecule has 4 nitrogen and oxygen atoms in total. The number of carbonyl (C=O) groups is 2. The highest BCUT2D eigenvalue weighted by molar-refractivity contribution is 5.78. The Kier molecular flexibility index (Phi) is 7.20. The van der Waals surface area contributed by atoms with E-state index < -0.39 is 0 Å². The first-order valence-corrected chi connectivity index (χ1v) is 8.62. The molecular weight excluding hydrogens is 314 g/mol. The van der Waals surface area contributed by atoms with Crippen LogP contribution in [0.15, 0.2) is 60.7 Å². The smallest absolute Gasteiger partial charge is 0.308 e. The van der Waals surface area contributed by atoms with Crippen molar-refractivity contribution in [3.05, 3.63) is 71.8 Å². The van der Waals surface area contributed by atoms with Crippen LogP contribution in [0, 0.1) is 0 Å². The lowest BCUT2D eigenvalue weighted by Gasteiger charge is -2.19. The van der Waals surface area contributed by atoms with Crippen LogP contribution in [-0.4, -0.2) is 18.0 Å². The first-order valence-electron chi connectivity index (χ1n) is 8.62. The van der Waals surface area contributed by atoms with Crippen molar-refractivity contribution in [1.82, 2.24) is 5.32 Å². The zero-order valence-electron chi connectivity index (χ0n) is 14.8. The summed E-state index contributed by atoms with van der Waals surface area (Å²) in [4.78, 5) is 24.4. The van der Waals surface area contributed by atoms with Gasteiger partial charge in [0.05, 0.1) is 18.6 Å². The van der Waals surface area contributed by atoms with Crippen molar-refractivity contribution in [1.29, 1.82) is 0 Å². The fraction of sp³-hybridized carbons (Fsp3) is 0.333. The minimum absolute atomic E-state index is 0.0740. The second kappa shape index (κ2) is 9.62. The predicted octanol–water partition coefficient (Wildman–Crippen LogP) is 3.82. The molecule has 0 fully saturated rings. The Labute approximate surface area is 149 Å². The molecule has 4 heteroatoms. The lowest BCUT2D eigenvalue weighted by atomic mass is 10.0. The van der Waals surface area contributed by atoms with Gasteiger partial charge in [-0.3, -0.25) is 9.59 Å². The van der Waals surface area contributed by atoms with E-state index in [-0.39, 0.29) is 30.4 Å². The molecule has 0 spiro atoms. The molecule has 1 N–H and O–H groups in total. The van der Waals surface area contributed by atoms with Crippen molar-refractivity contribution in [2.45, 2.75) is 45.3 Å². The molecule has 0 aliphatic rings. The van der Waals surface area contributed by atoms with Gasteiger partial charge in [0, 0.05) is 6.42 Å². The van der Waals surface area contributed by atoms with Crippen molar-refractivity contribution in [2.24, 2.45) is 0 Å². The average molecular weight is 339 g/mol. The summed E-state index contributed by atoms with van der Waals surface area (Å²) in [7, 11) is 0. The molecule has 2 rings (SSSR count). The standard InChI is InChI=1S/C21H25NO3/c1-16(2)25-21(24)15-19(18-11-7-4-8-12-18)22-20(23)14-13-17-9-5-3-6-10-17/h3-12,16,19H,13-15H2,1-2H3,(H,22,23). The minimum Gasteiger partial charge on any atom is -0.463 e. The van der Waals surface area contributed by atoms with E-state index in [0.29, 0.717) is 12.8 Å². The third-order valence-corrected chi connectivity index (χ3v) is 3.76. The molecule has 0 saturated heterocycles. The van der Waals surface area contributed by atoms with Crippen LogP contribution in [0.2, 0.25) is 0 Å². The van der Waals surface area contributed by atoms with E-state index in [1.54, 1.807) is 0 Å². The van der Waals surface area contributed by atoms with Gasteiger partial charge >= 0.3 is 5.97 Å². The van der Waals surface area contributed by atoms with Gasteiger partial charge in [0.1, 0.15) is 0 Å². The largest absolute Gasteiger partial charge is 0.463 e. The van der Waals surface area contributed by atoms with E-state index >= 15 is 0 Å². The highest BCUT2D eigenvalue weighted by Crippen LogP contribution is 2.18. The molecule has 0 aliphatic heterocycles. The lowest BCUT2D eigenvalue weighted by molar-refractivity contribution is -0.148. The zero-order chi connectivity index (χ0) is 18.1. The Hall–Kier alpha value is -2.62. The zero-order valence-corrected chi connectivity index (χ0v) is 14.8. The Bertz CT molecular complexity index is 668. The molecule has 25 heavy (non-hydrogen) atoms. The van der Waals surface area contributed by atoms with Crippen LogP contribution in [0.1, 0.15) is 43.9 Å². The Morgan fingerprint density at radius 1 is 0.960 bits per heavy atom. The predicted molar refractivity (Wildman–Crippen MR) is 97.9 cm³/mol. The number of carbonyl (C=O) groups excluding carboxylic acids is 2. The van der Waals surface area contributed by atoms with Crippen molar-refractivity contribution in [2.75, 3.05) is 0 Å². The number of rotatable bonds is 8. The van der Waals surface area contributed by atoms with E-state index in [0.717, 1.165) is 11.1 Å². The molecule has 0 aliphatic carbocycles. The second-order valence-electron chi connectivity index (χ2n) is 6.26. The van der Waals surface area contributed by atoms with Gasteiger partial charge in [-0.05, 0) is 31.4 Å². The molecule has 1 amide bonds. The third-order valence-electron chi connectivity index (χ3n) is 3.76. The van der Waals surface area contributed by atoms with Crippen molar-refractivity contribution < 1.29 is 14.3 Å². The number of ether oxygens (including phenoxy) is 1. The van der Waals surface area contributed by atoms with Crippen molar-refractivity contribution in [3.63, 3.8) is 0 Å². The quantitative estimate of drug-likeness (QED) is 0.744. The Balaban J connectivity index is 1.97. The third kappa shape index (κ3) is 6.79. The van der Waals surface area contributed by atoms with Crippen LogP contribution in [0.5, 0.6) is 0 Å². The van der Waals surface area contributed by atoms with Crippen LogP contribution in [0.3, 0.4) is 0 Å². The number of aryl methyl sites for hydroxylation is 1. The summed E-state index contributed by atoms with van der Waals surface area (Å²) in [6, 6.07) is 19.0. The summed E-state index contributed by atoms with van der Waals surface area (Å²) < 4.78 is 5.22. The first-order chi connectivity index (χ1) is 12.0. The summed E-state index contributed by atoms with van der Waals surface area (Å²) in [5.74, 6) is -0.387. The van der Waals surface area contributed by atoms with Crippen LogP contribution in [-0.2, 0) is 20.7 Å². The van der Waals surface area contributed by atoms with E-state index in [1.165, 1.54) is 0 Å². The molecular formula is C21H25NO3. The van der Waals surface area contributed by atoms with Crippen molar-refractivity contribution >= 4 is 11.9 Å². The molecule has 132 valence electrons. The van der Waals surface area contributed by atoms with Gasteiger partial charge in [0.15, 0.2) is 0 Å². The van der Waals surface area contributed by atoms with Gasteiger partial charge in [0.2, 0.25) is 5.91 Å². The highest BCUT2D eigenvalue weighted by atomic mass is 16.5. The van der Waals surface area contributed by atoms with Crippen LogP contribution >= 0.6 is 0 Å². The number of benzene rings is 2. The highest BCUT2D eigenvalue weighted by Gasteiger charge is 2.19. The fourth-order valence-electron chi connectivity index (χ4n) is 2.58. The molecule has 0 radical (unpaired) electrons. The van der Waals surface area contributed by atoms with E-state index in [4.69, 9.17) is 4.74 Å². The normalized spacial score (nSPS) is 11.8. The maximum atomic E-state index is 12.3. The maximum absolute atomic E-state index is 12.3. The van der Waals surface area contributed by atoms with Gasteiger partial charge in [-0.15, -0.1) is 0 Å². The van der Waals surface area contributed by atoms with Gasteiger partial charge in [-0.25, -0.2) is 0 Å². The topological polar surface area (TPSA) is 55.4 Å². The summed E-state index contributed by atoms with van der Waals surface area (Å²) in [6.07, 6.45) is 1.01. The number of hydrogen-bond acceptors (Lipinski definition) is 3. The minimum atomic E-state index is -0.379. The van der Waals surface area contributed by atoms with Crippen molar-refractivity contribution in [3.8, 4) is 0 Å². The fourth-order valence-corrected chi connectivity index (χ4v) is 2.58. The number of hydrogen-bond donors (Lipinski definition) is 1. The molecule has 2 aromatic rings. The number of esters is 1. The monoisotopic (exact) mass is 339 g/mol. The first kappa shape index (κ1) is 18.7. The van der Waals surface area contributed by atoms with Crippen LogP contribution in [0.25, 0.3) is 0 Å². The average Bonchev–Trinajstić information content (AvgIpc) is 2.60. The van der Waals surface area contributed by atoms with E-state index in [2.05, 4.69) is 5.32 Å². The SMILES string of the molecule is CC(C)OC(=O)CC(NC(=O)CCc1ccccc1)c1ccccc1. The lowest BCUT2D eigenvalue weighted by Crippen LogP contribution is -2.31. The molecule has 0 heterocycles. The van der Waals surface area contributed by atoms with Gasteiger partial charge < -0.3 is 10.1 Å². The van der Waals surface area contributed by atoms with Crippen LogP contribution in [0.4, 0.5) is 0 Å². The molecule has 0 saturated carbocycles. The molecule has 0 bridgehead atoms. The second-order valence-corrected chi connectivity index (χ2v) is 6.26. The number of nitrogens with one attached hydrogen (secondary N) is 1. The molecule has 1 atom stereocenters. The molecule has 2 aromatic carbocycles. The Morgan fingerprint density at radius 3 is 2.16 bits per heavy atom. The molecule has 0 aromatic heterocycles. The maximum Gasteiger partial charge on any atom is 0.308 e. The Morgan fingerprint density at radius 2 is 1.56 bits per heavy atom. The van der Waals surface area contributed by atoms with E-state index in [1.807, 2.05) is 74.5 Å². The van der Waals surface area contributed by atoms with E-state index in [9.17, 15) is 9.59 Å². The number of amides is 1. The summed E-state index contributed by atoms with van der Waals surface area (Å²) in [5.41, 5.74) is 2.02. The van der Waals surface area contributed by atoms with Gasteiger partial charge in [-0.1, -0.05) is 60.7 Å². The van der Waals surface area contributed by atoms with Crippen LogP contribution < -0.4 is 5.32 Å². The molecule has 1 unspecified atom stereocenters. The summed E-state index contributed by atoms with van der Waals surface area (Å²) in [5, 5.41) is 2.97.